The molecule has 0 saturated heterocycles. The molecule has 0 aliphatic heterocycles. The Hall–Kier alpha value is -2.33. The van der Waals surface area contributed by atoms with Gasteiger partial charge in [0.05, 0.1) is 0 Å². The van der Waals surface area contributed by atoms with E-state index in [1.54, 1.807) is 0 Å². The van der Waals surface area contributed by atoms with Crippen molar-refractivity contribution in [3.05, 3.63) is 54.6 Å². The summed E-state index contributed by atoms with van der Waals surface area (Å²) < 4.78 is 5.86. The highest BCUT2D eigenvalue weighted by Gasteiger charge is 2.05. The molecule has 0 radical (unpaired) electrons. The molecule has 0 aliphatic rings. The summed E-state index contributed by atoms with van der Waals surface area (Å²) in [6.07, 6.45) is 0. The minimum absolute atomic E-state index is 0.633. The smallest absolute Gasteiger partial charge is 0.170 e. The molecule has 0 atom stereocenters. The topological polar surface area (TPSA) is 37.2 Å². The van der Waals surface area contributed by atoms with Crippen LogP contribution in [-0.4, -0.2) is 11.7 Å². The van der Waals surface area contributed by atoms with Gasteiger partial charge in [-0.1, -0.05) is 18.2 Å². The van der Waals surface area contributed by atoms with Crippen LogP contribution < -0.4 is 10.6 Å². The molecule has 0 unspecified atom stereocenters. The molecule has 106 valence electrons. The number of furan rings is 1. The first kappa shape index (κ1) is 13.6. The molecule has 1 heterocycles. The number of para-hydroxylation sites is 1. The van der Waals surface area contributed by atoms with E-state index >= 15 is 0 Å². The van der Waals surface area contributed by atoms with E-state index in [0.717, 1.165) is 34.5 Å². The summed E-state index contributed by atoms with van der Waals surface area (Å²) in [6, 6.07) is 18.1. The Balaban J connectivity index is 1.81. The minimum atomic E-state index is 0.633. The van der Waals surface area contributed by atoms with Gasteiger partial charge in [-0.25, -0.2) is 0 Å². The van der Waals surface area contributed by atoms with Gasteiger partial charge in [0, 0.05) is 23.2 Å². The summed E-state index contributed by atoms with van der Waals surface area (Å²) in [5.41, 5.74) is 2.91. The van der Waals surface area contributed by atoms with Gasteiger partial charge in [-0.2, -0.15) is 0 Å². The van der Waals surface area contributed by atoms with Crippen LogP contribution in [0.15, 0.2) is 59.0 Å². The van der Waals surface area contributed by atoms with Gasteiger partial charge >= 0.3 is 0 Å². The highest BCUT2D eigenvalue weighted by molar-refractivity contribution is 7.80. The van der Waals surface area contributed by atoms with Gasteiger partial charge in [0.25, 0.3) is 0 Å². The van der Waals surface area contributed by atoms with E-state index in [1.807, 2.05) is 55.5 Å². The molecular formula is C17H16N2OS. The molecule has 3 rings (SSSR count). The van der Waals surface area contributed by atoms with E-state index in [9.17, 15) is 0 Å². The van der Waals surface area contributed by atoms with Crippen LogP contribution >= 0.6 is 12.2 Å². The molecular weight excluding hydrogens is 280 g/mol. The van der Waals surface area contributed by atoms with Gasteiger partial charge < -0.3 is 15.1 Å². The van der Waals surface area contributed by atoms with Crippen LogP contribution in [0.25, 0.3) is 22.3 Å². The third-order valence-electron chi connectivity index (χ3n) is 3.19. The zero-order valence-corrected chi connectivity index (χ0v) is 12.5. The van der Waals surface area contributed by atoms with Gasteiger partial charge in [0.2, 0.25) is 0 Å². The Morgan fingerprint density at radius 3 is 2.57 bits per heavy atom. The Morgan fingerprint density at radius 1 is 1.10 bits per heavy atom. The molecule has 0 fully saturated rings. The highest BCUT2D eigenvalue weighted by atomic mass is 32.1. The third kappa shape index (κ3) is 3.06. The molecule has 0 bridgehead atoms. The van der Waals surface area contributed by atoms with Crippen molar-refractivity contribution in [2.24, 2.45) is 0 Å². The number of benzene rings is 2. The summed E-state index contributed by atoms with van der Waals surface area (Å²) in [7, 11) is 0. The van der Waals surface area contributed by atoms with Crippen LogP contribution in [0.2, 0.25) is 0 Å². The quantitative estimate of drug-likeness (QED) is 0.702. The van der Waals surface area contributed by atoms with E-state index in [-0.39, 0.29) is 0 Å². The molecule has 2 aromatic carbocycles. The molecule has 0 spiro atoms. The van der Waals surface area contributed by atoms with Crippen molar-refractivity contribution in [2.75, 3.05) is 11.9 Å². The summed E-state index contributed by atoms with van der Waals surface area (Å²) in [6.45, 7) is 2.82. The van der Waals surface area contributed by atoms with Crippen LogP contribution in [0.5, 0.6) is 0 Å². The molecule has 3 aromatic rings. The number of anilines is 1. The summed E-state index contributed by atoms with van der Waals surface area (Å²) in [5, 5.41) is 7.94. The highest BCUT2D eigenvalue weighted by Crippen LogP contribution is 2.28. The number of hydrogen-bond acceptors (Lipinski definition) is 2. The number of fused-ring (bicyclic) bond motifs is 1. The monoisotopic (exact) mass is 296 g/mol. The van der Waals surface area contributed by atoms with Crippen molar-refractivity contribution in [1.29, 1.82) is 0 Å². The van der Waals surface area contributed by atoms with E-state index in [1.165, 1.54) is 0 Å². The lowest BCUT2D eigenvalue weighted by atomic mass is 10.1. The average molecular weight is 296 g/mol. The molecule has 0 saturated carbocycles. The molecule has 3 nitrogen and oxygen atoms in total. The van der Waals surface area contributed by atoms with Crippen molar-refractivity contribution in [3.63, 3.8) is 0 Å². The van der Waals surface area contributed by atoms with Gasteiger partial charge in [-0.05, 0) is 55.5 Å². The van der Waals surface area contributed by atoms with Crippen molar-refractivity contribution < 1.29 is 4.42 Å². The summed E-state index contributed by atoms with van der Waals surface area (Å²) in [5.74, 6) is 0.872. The van der Waals surface area contributed by atoms with E-state index < -0.39 is 0 Å². The van der Waals surface area contributed by atoms with E-state index in [4.69, 9.17) is 16.6 Å². The minimum Gasteiger partial charge on any atom is -0.456 e. The Bertz CT molecular complexity index is 729. The number of hydrogen-bond donors (Lipinski definition) is 2. The van der Waals surface area contributed by atoms with Gasteiger partial charge in [-0.15, -0.1) is 0 Å². The SMILES string of the molecule is CCNC(=S)Nc1ccc(-c2cc3ccccc3o2)cc1. The zero-order valence-electron chi connectivity index (χ0n) is 11.7. The predicted octanol–water partition coefficient (Wildman–Crippen LogP) is 4.41. The molecule has 4 heteroatoms. The second kappa shape index (κ2) is 5.97. The largest absolute Gasteiger partial charge is 0.456 e. The fourth-order valence-electron chi connectivity index (χ4n) is 2.18. The van der Waals surface area contributed by atoms with E-state index in [0.29, 0.717) is 5.11 Å². The Labute approximate surface area is 129 Å². The number of nitrogens with one attached hydrogen (secondary N) is 2. The first-order valence-electron chi connectivity index (χ1n) is 6.90. The Morgan fingerprint density at radius 2 is 1.86 bits per heavy atom. The lowest BCUT2D eigenvalue weighted by molar-refractivity contribution is 0.631. The summed E-state index contributed by atoms with van der Waals surface area (Å²) >= 11 is 5.16. The normalized spacial score (nSPS) is 10.5. The molecule has 1 aromatic heterocycles. The number of rotatable bonds is 3. The maximum absolute atomic E-state index is 5.86. The standard InChI is InChI=1S/C17H16N2OS/c1-2-18-17(21)19-14-9-7-12(8-10-14)16-11-13-5-3-4-6-15(13)20-16/h3-11H,2H2,1H3,(H2,18,19,21). The lowest BCUT2D eigenvalue weighted by Gasteiger charge is -2.08. The molecule has 2 N–H and O–H groups in total. The first-order chi connectivity index (χ1) is 10.3. The molecule has 0 amide bonds. The summed E-state index contributed by atoms with van der Waals surface area (Å²) in [4.78, 5) is 0. The van der Waals surface area contributed by atoms with Crippen LogP contribution in [0, 0.1) is 0 Å². The number of thiocarbonyl (C=S) groups is 1. The first-order valence-corrected chi connectivity index (χ1v) is 7.31. The maximum atomic E-state index is 5.86. The molecule has 0 aliphatic carbocycles. The lowest BCUT2D eigenvalue weighted by Crippen LogP contribution is -2.27. The van der Waals surface area contributed by atoms with Gasteiger partial charge in [0.15, 0.2) is 5.11 Å². The van der Waals surface area contributed by atoms with E-state index in [2.05, 4.69) is 16.7 Å². The van der Waals surface area contributed by atoms with Crippen molar-refractivity contribution >= 4 is 34.0 Å². The fourth-order valence-corrected chi connectivity index (χ4v) is 2.44. The van der Waals surface area contributed by atoms with Crippen molar-refractivity contribution in [1.82, 2.24) is 5.32 Å². The third-order valence-corrected chi connectivity index (χ3v) is 3.44. The second-order valence-corrected chi connectivity index (χ2v) is 5.12. The maximum Gasteiger partial charge on any atom is 0.170 e. The van der Waals surface area contributed by atoms with Crippen molar-refractivity contribution in [2.45, 2.75) is 6.92 Å². The molecule has 21 heavy (non-hydrogen) atoms. The van der Waals surface area contributed by atoms with Crippen LogP contribution in [0.3, 0.4) is 0 Å². The van der Waals surface area contributed by atoms with Crippen LogP contribution in [0.4, 0.5) is 5.69 Å². The Kier molecular flexibility index (Phi) is 3.88. The average Bonchev–Trinajstić information content (AvgIpc) is 2.92. The van der Waals surface area contributed by atoms with Gasteiger partial charge in [0.1, 0.15) is 11.3 Å². The van der Waals surface area contributed by atoms with Crippen LogP contribution in [0.1, 0.15) is 6.92 Å². The predicted molar refractivity (Wildman–Crippen MR) is 91.5 cm³/mol. The second-order valence-electron chi connectivity index (χ2n) is 4.71. The van der Waals surface area contributed by atoms with Gasteiger partial charge in [-0.3, -0.25) is 0 Å². The van der Waals surface area contributed by atoms with Crippen molar-refractivity contribution in [3.8, 4) is 11.3 Å². The van der Waals surface area contributed by atoms with Crippen LogP contribution in [-0.2, 0) is 0 Å². The fraction of sp³-hybridized carbons (Fsp3) is 0.118. The zero-order chi connectivity index (χ0) is 14.7.